The van der Waals surface area contributed by atoms with Gasteiger partial charge in [0.1, 0.15) is 5.75 Å². The fourth-order valence-corrected chi connectivity index (χ4v) is 1.62. The maximum Gasteiger partial charge on any atom is 0.142 e. The zero-order valence-electron chi connectivity index (χ0n) is 9.73. The van der Waals surface area contributed by atoms with Gasteiger partial charge < -0.3 is 10.5 Å². The van der Waals surface area contributed by atoms with Crippen LogP contribution in [0.3, 0.4) is 0 Å². The SMILES string of the molecule is C=S.CC(C)Oc1ccc(S(C)=O)cc1N. The first kappa shape index (κ1) is 15.1. The first-order valence-corrected chi connectivity index (χ1v) is 6.82. The maximum absolute atomic E-state index is 11.1. The van der Waals surface area contributed by atoms with Crippen LogP contribution in [0.1, 0.15) is 13.8 Å². The summed E-state index contributed by atoms with van der Waals surface area (Å²) in [6.45, 7) is 3.87. The van der Waals surface area contributed by atoms with E-state index >= 15 is 0 Å². The summed E-state index contributed by atoms with van der Waals surface area (Å²) in [6, 6.07) is 5.21. The molecule has 1 atom stereocenters. The Labute approximate surface area is 104 Å². The number of anilines is 1. The van der Waals surface area contributed by atoms with Crippen LogP contribution in [-0.4, -0.2) is 22.4 Å². The molecular formula is C11H17NO2S2. The second-order valence-corrected chi connectivity index (χ2v) is 4.70. The van der Waals surface area contributed by atoms with Gasteiger partial charge in [0, 0.05) is 22.0 Å². The number of nitrogens with two attached hydrogens (primary N) is 1. The molecule has 0 saturated heterocycles. The van der Waals surface area contributed by atoms with Gasteiger partial charge in [-0.3, -0.25) is 4.21 Å². The molecule has 1 rings (SSSR count). The molecule has 0 spiro atoms. The Morgan fingerprint density at radius 3 is 2.38 bits per heavy atom. The number of benzene rings is 1. The van der Waals surface area contributed by atoms with Crippen molar-refractivity contribution in [3.63, 3.8) is 0 Å². The van der Waals surface area contributed by atoms with Crippen molar-refractivity contribution in [2.24, 2.45) is 0 Å². The Morgan fingerprint density at radius 1 is 1.44 bits per heavy atom. The minimum Gasteiger partial charge on any atom is -0.489 e. The zero-order chi connectivity index (χ0) is 12.7. The van der Waals surface area contributed by atoms with E-state index in [9.17, 15) is 4.21 Å². The highest BCUT2D eigenvalue weighted by atomic mass is 32.2. The van der Waals surface area contributed by atoms with Crippen LogP contribution in [0.5, 0.6) is 5.75 Å². The summed E-state index contributed by atoms with van der Waals surface area (Å²) < 4.78 is 16.6. The average molecular weight is 259 g/mol. The molecule has 1 unspecified atom stereocenters. The van der Waals surface area contributed by atoms with Gasteiger partial charge in [-0.05, 0) is 37.9 Å². The third kappa shape index (κ3) is 4.72. The van der Waals surface area contributed by atoms with E-state index in [1.165, 1.54) is 0 Å². The molecule has 0 heterocycles. The molecule has 0 bridgehead atoms. The number of hydrogen-bond acceptors (Lipinski definition) is 4. The van der Waals surface area contributed by atoms with Crippen molar-refractivity contribution in [3.8, 4) is 5.75 Å². The van der Waals surface area contributed by atoms with Crippen LogP contribution >= 0.6 is 12.2 Å². The lowest BCUT2D eigenvalue weighted by atomic mass is 10.3. The summed E-state index contributed by atoms with van der Waals surface area (Å²) in [5.41, 5.74) is 6.28. The van der Waals surface area contributed by atoms with Crippen molar-refractivity contribution in [1.82, 2.24) is 0 Å². The third-order valence-corrected chi connectivity index (χ3v) is 2.59. The van der Waals surface area contributed by atoms with Crippen molar-refractivity contribution >= 4 is 34.6 Å². The van der Waals surface area contributed by atoms with Crippen molar-refractivity contribution < 1.29 is 8.95 Å². The normalized spacial score (nSPS) is 11.5. The number of nitrogen functional groups attached to an aromatic ring is 1. The van der Waals surface area contributed by atoms with Gasteiger partial charge in [0.25, 0.3) is 0 Å². The first-order valence-electron chi connectivity index (χ1n) is 4.69. The summed E-state index contributed by atoms with van der Waals surface area (Å²) in [5.74, 6) is 3.48. The quantitative estimate of drug-likeness (QED) is 0.669. The van der Waals surface area contributed by atoms with Crippen LogP contribution in [0.2, 0.25) is 0 Å². The zero-order valence-corrected chi connectivity index (χ0v) is 11.4. The lowest BCUT2D eigenvalue weighted by molar-refractivity contribution is 0.243. The topological polar surface area (TPSA) is 52.3 Å². The monoisotopic (exact) mass is 259 g/mol. The highest BCUT2D eigenvalue weighted by Gasteiger charge is 2.05. The van der Waals surface area contributed by atoms with Gasteiger partial charge in [-0.1, -0.05) is 12.2 Å². The number of rotatable bonds is 3. The second-order valence-electron chi connectivity index (χ2n) is 3.32. The van der Waals surface area contributed by atoms with Crippen LogP contribution in [0.15, 0.2) is 23.1 Å². The fourth-order valence-electron chi connectivity index (χ4n) is 1.07. The number of thiocarbonyl (C=S) groups is 1. The van der Waals surface area contributed by atoms with Crippen LogP contribution in [0, 0.1) is 0 Å². The Kier molecular flexibility index (Phi) is 6.92. The average Bonchev–Trinajstić information content (AvgIpc) is 2.23. The van der Waals surface area contributed by atoms with Gasteiger partial charge in [-0.2, -0.15) is 0 Å². The molecule has 90 valence electrons. The molecule has 2 N–H and O–H groups in total. The largest absolute Gasteiger partial charge is 0.489 e. The van der Waals surface area contributed by atoms with Gasteiger partial charge in [0.2, 0.25) is 0 Å². The van der Waals surface area contributed by atoms with Crippen molar-refractivity contribution in [1.29, 1.82) is 0 Å². The van der Waals surface area contributed by atoms with E-state index in [-0.39, 0.29) is 6.10 Å². The highest BCUT2D eigenvalue weighted by molar-refractivity contribution is 7.84. The summed E-state index contributed by atoms with van der Waals surface area (Å²) in [7, 11) is -0.996. The van der Waals surface area contributed by atoms with E-state index in [4.69, 9.17) is 10.5 Å². The van der Waals surface area contributed by atoms with E-state index in [2.05, 4.69) is 18.1 Å². The van der Waals surface area contributed by atoms with Gasteiger partial charge in [0.15, 0.2) is 0 Å². The van der Waals surface area contributed by atoms with Crippen LogP contribution in [0.4, 0.5) is 5.69 Å². The molecule has 1 aromatic carbocycles. The molecule has 0 aliphatic heterocycles. The lowest BCUT2D eigenvalue weighted by Gasteiger charge is -2.12. The highest BCUT2D eigenvalue weighted by Crippen LogP contribution is 2.24. The molecule has 1 aromatic rings. The molecule has 0 radical (unpaired) electrons. The fraction of sp³-hybridized carbons (Fsp3) is 0.364. The van der Waals surface area contributed by atoms with Crippen molar-refractivity contribution in [2.75, 3.05) is 12.0 Å². The van der Waals surface area contributed by atoms with E-state index in [0.29, 0.717) is 11.4 Å². The van der Waals surface area contributed by atoms with Crippen LogP contribution in [0.25, 0.3) is 0 Å². The van der Waals surface area contributed by atoms with Crippen molar-refractivity contribution in [3.05, 3.63) is 18.2 Å². The third-order valence-electron chi connectivity index (χ3n) is 1.68. The Hall–Kier alpha value is -0.940. The summed E-state index contributed by atoms with van der Waals surface area (Å²) in [6.07, 6.45) is 1.72. The van der Waals surface area contributed by atoms with Gasteiger partial charge >= 0.3 is 0 Å². The molecule has 0 amide bonds. The molecule has 0 aromatic heterocycles. The summed E-state index contributed by atoms with van der Waals surface area (Å²) >= 11 is 3.83. The Balaban J connectivity index is 0.00000106. The Bertz CT molecular complexity index is 367. The molecule has 0 aliphatic carbocycles. The van der Waals surface area contributed by atoms with Gasteiger partial charge in [-0.25, -0.2) is 0 Å². The molecule has 0 saturated carbocycles. The standard InChI is InChI=1S/C10H15NO2S.CH2S/c1-7(2)13-10-5-4-8(14(3)12)6-9(10)11;1-2/h4-7H,11H2,1-3H3;1H2. The van der Waals surface area contributed by atoms with E-state index in [1.807, 2.05) is 13.8 Å². The molecule has 5 heteroatoms. The predicted octanol–water partition coefficient (Wildman–Crippen LogP) is 2.41. The molecule has 0 aliphatic rings. The second kappa shape index (κ2) is 7.35. The molecular weight excluding hydrogens is 242 g/mol. The predicted molar refractivity (Wildman–Crippen MR) is 73.7 cm³/mol. The summed E-state index contributed by atoms with van der Waals surface area (Å²) in [4.78, 5) is 0.721. The minimum atomic E-state index is -0.996. The molecule has 3 nitrogen and oxygen atoms in total. The maximum atomic E-state index is 11.1. The van der Waals surface area contributed by atoms with Gasteiger partial charge in [-0.15, -0.1) is 0 Å². The molecule has 16 heavy (non-hydrogen) atoms. The first-order chi connectivity index (χ1) is 7.50. The van der Waals surface area contributed by atoms with Gasteiger partial charge in [0.05, 0.1) is 11.8 Å². The van der Waals surface area contributed by atoms with E-state index in [0.717, 1.165) is 4.90 Å². The minimum absolute atomic E-state index is 0.0928. The van der Waals surface area contributed by atoms with Crippen LogP contribution < -0.4 is 10.5 Å². The Morgan fingerprint density at radius 2 is 2.00 bits per heavy atom. The molecule has 0 fully saturated rings. The summed E-state index contributed by atoms with van der Waals surface area (Å²) in [5, 5.41) is 0. The lowest BCUT2D eigenvalue weighted by Crippen LogP contribution is -2.07. The van der Waals surface area contributed by atoms with E-state index in [1.54, 1.807) is 24.5 Å². The number of hydrogen-bond donors (Lipinski definition) is 1. The van der Waals surface area contributed by atoms with Crippen molar-refractivity contribution in [2.45, 2.75) is 24.8 Å². The van der Waals surface area contributed by atoms with E-state index < -0.39 is 10.8 Å². The number of ether oxygens (including phenoxy) is 1. The smallest absolute Gasteiger partial charge is 0.142 e. The van der Waals surface area contributed by atoms with Crippen LogP contribution in [-0.2, 0) is 10.8 Å².